The first-order valence-corrected chi connectivity index (χ1v) is 10.2. The van der Waals surface area contributed by atoms with E-state index in [0.29, 0.717) is 6.42 Å². The summed E-state index contributed by atoms with van der Waals surface area (Å²) < 4.78 is 6.12. The Bertz CT molecular complexity index is 791. The Labute approximate surface area is 163 Å². The largest absolute Gasteiger partial charge is 0.492 e. The van der Waals surface area contributed by atoms with Gasteiger partial charge in [0.15, 0.2) is 5.78 Å². The molecule has 2 aromatic carbocycles. The van der Waals surface area contributed by atoms with Crippen LogP contribution in [-0.2, 0) is 0 Å². The molecular formula is C24H31NO2. The van der Waals surface area contributed by atoms with Crippen LogP contribution in [0.3, 0.4) is 0 Å². The second kappa shape index (κ2) is 9.18. The van der Waals surface area contributed by atoms with Crippen LogP contribution in [0.15, 0.2) is 36.4 Å². The lowest BCUT2D eigenvalue weighted by atomic mass is 9.95. The number of ketones is 1. The van der Waals surface area contributed by atoms with Gasteiger partial charge in [0.05, 0.1) is 0 Å². The third-order valence-electron chi connectivity index (χ3n) is 5.36. The third-order valence-corrected chi connectivity index (χ3v) is 5.36. The van der Waals surface area contributed by atoms with Crippen LogP contribution in [0.5, 0.6) is 5.75 Å². The summed E-state index contributed by atoms with van der Waals surface area (Å²) in [5.74, 6) is 1.16. The summed E-state index contributed by atoms with van der Waals surface area (Å²) in [6.45, 7) is 10.4. The second-order valence-electron chi connectivity index (χ2n) is 7.58. The van der Waals surface area contributed by atoms with Crippen LogP contribution in [-0.4, -0.2) is 36.9 Å². The Morgan fingerprint density at radius 3 is 2.59 bits per heavy atom. The van der Waals surface area contributed by atoms with E-state index >= 15 is 0 Å². The summed E-state index contributed by atoms with van der Waals surface area (Å²) in [6, 6.07) is 12.3. The fraction of sp³-hybridized carbons (Fsp3) is 0.458. The highest BCUT2D eigenvalue weighted by atomic mass is 16.5. The van der Waals surface area contributed by atoms with Gasteiger partial charge in [0.2, 0.25) is 0 Å². The Kier molecular flexibility index (Phi) is 6.68. The number of ether oxygens (including phenoxy) is 1. The number of hydrogen-bond acceptors (Lipinski definition) is 3. The minimum atomic E-state index is 0.214. The van der Waals surface area contributed by atoms with Gasteiger partial charge in [-0.05, 0) is 80.6 Å². The molecule has 1 saturated heterocycles. The molecular weight excluding hydrogens is 334 g/mol. The standard InChI is InChI=1S/C24H31NO2/c1-4-8-23(26)21-10-7-9-20(16-21)22-17-24(19(3)15-18(22)2)27-14-13-25-11-5-6-12-25/h7,9-10,15-17H,4-6,8,11-14H2,1-3H3. The maximum atomic E-state index is 12.3. The SMILES string of the molecule is CCCC(=O)c1cccc(-c2cc(OCCN3CCCC3)c(C)cc2C)c1. The summed E-state index contributed by atoms with van der Waals surface area (Å²) >= 11 is 0. The van der Waals surface area contributed by atoms with Gasteiger partial charge in [-0.1, -0.05) is 31.2 Å². The van der Waals surface area contributed by atoms with E-state index in [-0.39, 0.29) is 5.78 Å². The molecule has 0 amide bonds. The number of likely N-dealkylation sites (tertiary alicyclic amines) is 1. The molecule has 0 aromatic heterocycles. The van der Waals surface area contributed by atoms with E-state index in [0.717, 1.165) is 47.6 Å². The van der Waals surface area contributed by atoms with E-state index in [1.807, 2.05) is 25.1 Å². The maximum Gasteiger partial charge on any atom is 0.162 e. The monoisotopic (exact) mass is 365 g/mol. The number of carbonyl (C=O) groups is 1. The van der Waals surface area contributed by atoms with Crippen molar-refractivity contribution in [1.82, 2.24) is 4.90 Å². The second-order valence-corrected chi connectivity index (χ2v) is 7.58. The molecule has 0 bridgehead atoms. The fourth-order valence-corrected chi connectivity index (χ4v) is 3.82. The molecule has 27 heavy (non-hydrogen) atoms. The number of hydrogen-bond donors (Lipinski definition) is 0. The zero-order chi connectivity index (χ0) is 19.2. The van der Waals surface area contributed by atoms with Gasteiger partial charge >= 0.3 is 0 Å². The Morgan fingerprint density at radius 2 is 1.85 bits per heavy atom. The maximum absolute atomic E-state index is 12.3. The highest BCUT2D eigenvalue weighted by molar-refractivity contribution is 5.97. The average Bonchev–Trinajstić information content (AvgIpc) is 3.17. The van der Waals surface area contributed by atoms with E-state index < -0.39 is 0 Å². The third kappa shape index (κ3) is 4.98. The molecule has 3 heteroatoms. The van der Waals surface area contributed by atoms with Crippen molar-refractivity contribution < 1.29 is 9.53 Å². The summed E-state index contributed by atoms with van der Waals surface area (Å²) in [4.78, 5) is 14.7. The molecule has 1 aliphatic heterocycles. The lowest BCUT2D eigenvalue weighted by Crippen LogP contribution is -2.25. The Hall–Kier alpha value is -2.13. The van der Waals surface area contributed by atoms with Crippen molar-refractivity contribution in [2.24, 2.45) is 0 Å². The molecule has 144 valence electrons. The molecule has 1 heterocycles. The topological polar surface area (TPSA) is 29.5 Å². The molecule has 0 aliphatic carbocycles. The van der Waals surface area contributed by atoms with Crippen molar-refractivity contribution in [1.29, 1.82) is 0 Å². The lowest BCUT2D eigenvalue weighted by Gasteiger charge is -2.17. The van der Waals surface area contributed by atoms with Gasteiger partial charge in [-0.2, -0.15) is 0 Å². The number of benzene rings is 2. The highest BCUT2D eigenvalue weighted by Crippen LogP contribution is 2.31. The normalized spacial score (nSPS) is 14.5. The first-order valence-electron chi connectivity index (χ1n) is 10.2. The molecule has 2 aromatic rings. The summed E-state index contributed by atoms with van der Waals surface area (Å²) in [5.41, 5.74) is 5.39. The molecule has 3 rings (SSSR count). The van der Waals surface area contributed by atoms with Crippen molar-refractivity contribution in [2.75, 3.05) is 26.2 Å². The molecule has 0 spiro atoms. The van der Waals surface area contributed by atoms with E-state index in [2.05, 4.69) is 36.9 Å². The van der Waals surface area contributed by atoms with E-state index in [9.17, 15) is 4.79 Å². The van der Waals surface area contributed by atoms with Crippen molar-refractivity contribution in [3.05, 3.63) is 53.1 Å². The molecule has 0 N–H and O–H groups in total. The van der Waals surface area contributed by atoms with Crippen molar-refractivity contribution in [3.8, 4) is 16.9 Å². The minimum absolute atomic E-state index is 0.214. The van der Waals surface area contributed by atoms with Gasteiger partial charge in [-0.25, -0.2) is 0 Å². The van der Waals surface area contributed by atoms with Crippen molar-refractivity contribution in [2.45, 2.75) is 46.5 Å². The molecule has 1 fully saturated rings. The van der Waals surface area contributed by atoms with Gasteiger partial charge in [0.1, 0.15) is 12.4 Å². The van der Waals surface area contributed by atoms with Crippen LogP contribution in [0.1, 0.15) is 54.1 Å². The average molecular weight is 366 g/mol. The van der Waals surface area contributed by atoms with Gasteiger partial charge in [-0.3, -0.25) is 9.69 Å². The van der Waals surface area contributed by atoms with E-state index in [4.69, 9.17) is 4.74 Å². The van der Waals surface area contributed by atoms with Crippen LogP contribution in [0.2, 0.25) is 0 Å². The van der Waals surface area contributed by atoms with Crippen molar-refractivity contribution in [3.63, 3.8) is 0 Å². The number of carbonyl (C=O) groups excluding carboxylic acids is 1. The van der Waals surface area contributed by atoms with E-state index in [1.54, 1.807) is 0 Å². The quantitative estimate of drug-likeness (QED) is 0.584. The van der Waals surface area contributed by atoms with Gasteiger partial charge < -0.3 is 4.74 Å². The number of nitrogens with zero attached hydrogens (tertiary/aromatic N) is 1. The smallest absolute Gasteiger partial charge is 0.162 e. The highest BCUT2D eigenvalue weighted by Gasteiger charge is 2.13. The van der Waals surface area contributed by atoms with Gasteiger partial charge in [0, 0.05) is 18.5 Å². The summed E-state index contributed by atoms with van der Waals surface area (Å²) in [7, 11) is 0. The van der Waals surface area contributed by atoms with Crippen LogP contribution >= 0.6 is 0 Å². The van der Waals surface area contributed by atoms with Crippen molar-refractivity contribution >= 4 is 5.78 Å². The summed E-state index contributed by atoms with van der Waals surface area (Å²) in [5, 5.41) is 0. The molecule has 3 nitrogen and oxygen atoms in total. The minimum Gasteiger partial charge on any atom is -0.492 e. The predicted octanol–water partition coefficient (Wildman–Crippen LogP) is 5.43. The zero-order valence-electron chi connectivity index (χ0n) is 16.9. The molecule has 0 unspecified atom stereocenters. The fourth-order valence-electron chi connectivity index (χ4n) is 3.82. The van der Waals surface area contributed by atoms with Crippen LogP contribution in [0.25, 0.3) is 11.1 Å². The molecule has 0 saturated carbocycles. The Morgan fingerprint density at radius 1 is 1.07 bits per heavy atom. The number of rotatable bonds is 8. The summed E-state index contributed by atoms with van der Waals surface area (Å²) in [6.07, 6.45) is 4.09. The first-order chi connectivity index (χ1) is 13.1. The van der Waals surface area contributed by atoms with Crippen LogP contribution in [0.4, 0.5) is 0 Å². The predicted molar refractivity (Wildman–Crippen MR) is 112 cm³/mol. The first kappa shape index (κ1) is 19.6. The van der Waals surface area contributed by atoms with Gasteiger partial charge in [0.25, 0.3) is 0 Å². The van der Waals surface area contributed by atoms with Crippen LogP contribution < -0.4 is 4.74 Å². The molecule has 1 aliphatic rings. The van der Waals surface area contributed by atoms with Crippen LogP contribution in [0, 0.1) is 13.8 Å². The molecule has 0 atom stereocenters. The molecule has 0 radical (unpaired) electrons. The lowest BCUT2D eigenvalue weighted by molar-refractivity contribution is 0.0982. The number of aryl methyl sites for hydroxylation is 2. The van der Waals surface area contributed by atoms with E-state index in [1.165, 1.54) is 31.5 Å². The Balaban J connectivity index is 1.78. The zero-order valence-corrected chi connectivity index (χ0v) is 16.9. The van der Waals surface area contributed by atoms with Gasteiger partial charge in [-0.15, -0.1) is 0 Å². The number of Topliss-reactive ketones (excluding diaryl/α,β-unsaturated/α-hetero) is 1.